The van der Waals surface area contributed by atoms with Gasteiger partial charge in [0.15, 0.2) is 0 Å². The fourth-order valence-electron chi connectivity index (χ4n) is 1.93. The Kier molecular flexibility index (Phi) is 2.76. The van der Waals surface area contributed by atoms with Gasteiger partial charge in [0, 0.05) is 0 Å². The van der Waals surface area contributed by atoms with Crippen molar-refractivity contribution in [3.05, 3.63) is 0 Å². The van der Waals surface area contributed by atoms with E-state index in [1.165, 1.54) is 0 Å². The molecular weight excluding hydrogens is 179 g/mol. The van der Waals surface area contributed by atoms with Crippen LogP contribution in [0.5, 0.6) is 0 Å². The minimum atomic E-state index is -4.31. The van der Waals surface area contributed by atoms with Crippen LogP contribution in [0.25, 0.3) is 0 Å². The van der Waals surface area contributed by atoms with Crippen molar-refractivity contribution < 1.29 is 12.3 Å². The van der Waals surface area contributed by atoms with Gasteiger partial charge in [0.05, 0.1) is 5.25 Å². The van der Waals surface area contributed by atoms with Crippen LogP contribution in [0.2, 0.25) is 0 Å². The first-order chi connectivity index (χ1) is 5.43. The van der Waals surface area contributed by atoms with Gasteiger partial charge in [-0.2, -0.15) is 8.42 Å². The Morgan fingerprint density at radius 1 is 1.25 bits per heavy atom. The molecule has 1 aliphatic rings. The average Bonchev–Trinajstić information content (AvgIpc) is 1.92. The molecule has 0 N–H and O–H groups in total. The number of halogens is 1. The topological polar surface area (TPSA) is 34.1 Å². The fourth-order valence-corrected chi connectivity index (χ4v) is 3.16. The first kappa shape index (κ1) is 9.96. The summed E-state index contributed by atoms with van der Waals surface area (Å²) < 4.78 is 34.0. The molecule has 0 aromatic carbocycles. The average molecular weight is 194 g/mol. The minimum Gasteiger partial charge on any atom is -0.195 e. The van der Waals surface area contributed by atoms with Crippen LogP contribution in [-0.2, 0) is 10.2 Å². The zero-order chi connectivity index (χ0) is 9.35. The largest absolute Gasteiger partial charge is 0.305 e. The Labute approximate surface area is 73.4 Å². The summed E-state index contributed by atoms with van der Waals surface area (Å²) in [7, 11) is -4.31. The SMILES string of the molecule is CC1CCCC(S(=O)(=O)F)C1C. The summed E-state index contributed by atoms with van der Waals surface area (Å²) in [4.78, 5) is 0. The highest BCUT2D eigenvalue weighted by Gasteiger charge is 2.36. The van der Waals surface area contributed by atoms with Gasteiger partial charge in [0.2, 0.25) is 0 Å². The molecule has 0 aliphatic heterocycles. The fraction of sp³-hybridized carbons (Fsp3) is 1.00. The lowest BCUT2D eigenvalue weighted by Gasteiger charge is -2.31. The van der Waals surface area contributed by atoms with Crippen LogP contribution in [-0.4, -0.2) is 13.7 Å². The van der Waals surface area contributed by atoms with E-state index in [-0.39, 0.29) is 5.92 Å². The zero-order valence-electron chi connectivity index (χ0n) is 7.46. The third-order valence-corrected chi connectivity index (χ3v) is 4.38. The van der Waals surface area contributed by atoms with Crippen molar-refractivity contribution in [2.24, 2.45) is 11.8 Å². The first-order valence-electron chi connectivity index (χ1n) is 4.36. The summed E-state index contributed by atoms with van der Waals surface area (Å²) in [5, 5.41) is -0.749. The molecule has 0 saturated heterocycles. The van der Waals surface area contributed by atoms with Crippen molar-refractivity contribution in [1.82, 2.24) is 0 Å². The lowest BCUT2D eigenvalue weighted by atomic mass is 9.81. The summed E-state index contributed by atoms with van der Waals surface area (Å²) in [5.74, 6) is 0.294. The molecule has 4 heteroatoms. The van der Waals surface area contributed by atoms with Crippen molar-refractivity contribution in [2.75, 3.05) is 0 Å². The zero-order valence-corrected chi connectivity index (χ0v) is 8.27. The van der Waals surface area contributed by atoms with Crippen molar-refractivity contribution >= 4 is 10.2 Å². The van der Waals surface area contributed by atoms with Gasteiger partial charge < -0.3 is 0 Å². The molecule has 72 valence electrons. The highest BCUT2D eigenvalue weighted by Crippen LogP contribution is 2.34. The first-order valence-corrected chi connectivity index (χ1v) is 5.81. The smallest absolute Gasteiger partial charge is 0.195 e. The number of hydrogen-bond donors (Lipinski definition) is 0. The van der Waals surface area contributed by atoms with Gasteiger partial charge in [-0.25, -0.2) is 0 Å². The molecular formula is C8H15FO2S. The molecule has 1 fully saturated rings. The second kappa shape index (κ2) is 3.32. The lowest BCUT2D eigenvalue weighted by molar-refractivity contribution is 0.274. The Morgan fingerprint density at radius 3 is 2.25 bits per heavy atom. The summed E-state index contributed by atoms with van der Waals surface area (Å²) in [5.41, 5.74) is 0. The van der Waals surface area contributed by atoms with Gasteiger partial charge >= 0.3 is 10.2 Å². The highest BCUT2D eigenvalue weighted by molar-refractivity contribution is 7.87. The van der Waals surface area contributed by atoms with E-state index < -0.39 is 15.5 Å². The summed E-state index contributed by atoms with van der Waals surface area (Å²) >= 11 is 0. The van der Waals surface area contributed by atoms with Crippen LogP contribution >= 0.6 is 0 Å². The van der Waals surface area contributed by atoms with Crippen LogP contribution in [0.4, 0.5) is 3.89 Å². The highest BCUT2D eigenvalue weighted by atomic mass is 32.3. The van der Waals surface area contributed by atoms with E-state index in [0.717, 1.165) is 12.8 Å². The van der Waals surface area contributed by atoms with E-state index >= 15 is 0 Å². The van der Waals surface area contributed by atoms with Gasteiger partial charge in [-0.1, -0.05) is 26.7 Å². The van der Waals surface area contributed by atoms with Crippen LogP contribution in [0.1, 0.15) is 33.1 Å². The minimum absolute atomic E-state index is 0.0336. The summed E-state index contributed by atoms with van der Waals surface area (Å²) in [6.07, 6.45) is 2.34. The maximum absolute atomic E-state index is 12.7. The third-order valence-electron chi connectivity index (χ3n) is 2.99. The second-order valence-electron chi connectivity index (χ2n) is 3.78. The quantitative estimate of drug-likeness (QED) is 0.599. The standard InChI is InChI=1S/C8H15FO2S/c1-6-4-3-5-8(7(6)2)12(9,10)11/h6-8H,3-5H2,1-2H3. The van der Waals surface area contributed by atoms with E-state index in [2.05, 4.69) is 0 Å². The van der Waals surface area contributed by atoms with E-state index in [0.29, 0.717) is 12.3 Å². The molecule has 1 aliphatic carbocycles. The van der Waals surface area contributed by atoms with Gasteiger partial charge in [0.25, 0.3) is 0 Å². The number of hydrogen-bond acceptors (Lipinski definition) is 2. The second-order valence-corrected chi connectivity index (χ2v) is 5.34. The molecule has 0 amide bonds. The molecule has 12 heavy (non-hydrogen) atoms. The predicted molar refractivity (Wildman–Crippen MR) is 46.0 cm³/mol. The molecule has 0 radical (unpaired) electrons. The summed E-state index contributed by atoms with van der Waals surface area (Å²) in [6.45, 7) is 3.81. The molecule has 0 spiro atoms. The van der Waals surface area contributed by atoms with Crippen molar-refractivity contribution in [1.29, 1.82) is 0 Å². The van der Waals surface area contributed by atoms with Crippen LogP contribution in [0.3, 0.4) is 0 Å². The number of rotatable bonds is 1. The molecule has 0 aromatic heterocycles. The Balaban J connectivity index is 2.78. The normalized spacial score (nSPS) is 38.1. The maximum atomic E-state index is 12.7. The molecule has 3 atom stereocenters. The van der Waals surface area contributed by atoms with Crippen LogP contribution < -0.4 is 0 Å². The van der Waals surface area contributed by atoms with Gasteiger partial charge in [-0.15, -0.1) is 3.89 Å². The van der Waals surface area contributed by atoms with E-state index in [1.54, 1.807) is 0 Å². The molecule has 0 bridgehead atoms. The van der Waals surface area contributed by atoms with E-state index in [4.69, 9.17) is 0 Å². The molecule has 0 aromatic rings. The molecule has 3 unspecified atom stereocenters. The van der Waals surface area contributed by atoms with E-state index in [9.17, 15) is 12.3 Å². The van der Waals surface area contributed by atoms with Gasteiger partial charge in [0.1, 0.15) is 0 Å². The predicted octanol–water partition coefficient (Wildman–Crippen LogP) is 2.11. The van der Waals surface area contributed by atoms with Gasteiger partial charge in [-0.3, -0.25) is 0 Å². The maximum Gasteiger partial charge on any atom is 0.305 e. The summed E-state index contributed by atoms with van der Waals surface area (Å²) in [6, 6.07) is 0. The Hall–Kier alpha value is -0.120. The lowest BCUT2D eigenvalue weighted by Crippen LogP contribution is -2.33. The van der Waals surface area contributed by atoms with Crippen molar-refractivity contribution in [3.63, 3.8) is 0 Å². The molecule has 2 nitrogen and oxygen atoms in total. The van der Waals surface area contributed by atoms with Crippen molar-refractivity contribution in [3.8, 4) is 0 Å². The molecule has 1 rings (SSSR count). The van der Waals surface area contributed by atoms with E-state index in [1.807, 2.05) is 13.8 Å². The van der Waals surface area contributed by atoms with Crippen molar-refractivity contribution in [2.45, 2.75) is 38.4 Å². The molecule has 0 heterocycles. The molecule has 1 saturated carbocycles. The third kappa shape index (κ3) is 1.97. The van der Waals surface area contributed by atoms with Crippen LogP contribution in [0, 0.1) is 11.8 Å². The Bertz CT molecular complexity index is 248. The van der Waals surface area contributed by atoms with Gasteiger partial charge in [-0.05, 0) is 18.3 Å². The Morgan fingerprint density at radius 2 is 1.83 bits per heavy atom. The van der Waals surface area contributed by atoms with Crippen LogP contribution in [0.15, 0.2) is 0 Å². The monoisotopic (exact) mass is 194 g/mol.